The van der Waals surface area contributed by atoms with Crippen molar-refractivity contribution in [2.24, 2.45) is 0 Å². The first kappa shape index (κ1) is 26.5. The number of hydrogen-bond acceptors (Lipinski definition) is 10. The van der Waals surface area contributed by atoms with Gasteiger partial charge in [0, 0.05) is 22.6 Å². The van der Waals surface area contributed by atoms with Crippen LogP contribution in [0.15, 0.2) is 0 Å². The Morgan fingerprint density at radius 1 is 0.935 bits per heavy atom. The summed E-state index contributed by atoms with van der Waals surface area (Å²) in [6, 6.07) is 0. The molecule has 0 aliphatic heterocycles. The molecule has 174 valence electrons. The third-order valence-electron chi connectivity index (χ3n) is 3.82. The Balaban J connectivity index is 0.000000327. The molecule has 0 saturated heterocycles. The van der Waals surface area contributed by atoms with E-state index in [4.69, 9.17) is 0 Å². The van der Waals surface area contributed by atoms with Crippen LogP contribution in [0, 0.1) is 41.0 Å². The van der Waals surface area contributed by atoms with Gasteiger partial charge in [-0.05, 0) is 27.7 Å². The summed E-state index contributed by atoms with van der Waals surface area (Å²) in [5, 5.41) is 19.0. The van der Waals surface area contributed by atoms with Crippen molar-refractivity contribution in [3.05, 3.63) is 51.4 Å². The standard InChI is InChI=1S/C9H11F3N2O3S.C7H10N2O3S/c1-5(9(10,11)12)8-13-6(2)7(18-8)3-4-17-14(15)16;1-5-7(13-6(2)8-5)3-4-12-9(10)11/h5H,3-4H2,1-2H3;3-4H2,1-2H3. The van der Waals surface area contributed by atoms with E-state index in [2.05, 4.69) is 19.6 Å². The second-order valence-corrected chi connectivity index (χ2v) is 8.58. The van der Waals surface area contributed by atoms with Gasteiger partial charge in [0.15, 0.2) is 0 Å². The summed E-state index contributed by atoms with van der Waals surface area (Å²) in [6.45, 7) is 6.34. The van der Waals surface area contributed by atoms with Gasteiger partial charge in [0.25, 0.3) is 10.2 Å². The highest BCUT2D eigenvalue weighted by Gasteiger charge is 2.39. The van der Waals surface area contributed by atoms with Gasteiger partial charge < -0.3 is 9.68 Å². The Kier molecular flexibility index (Phi) is 10.0. The van der Waals surface area contributed by atoms with Crippen molar-refractivity contribution in [1.29, 1.82) is 0 Å². The van der Waals surface area contributed by atoms with Crippen molar-refractivity contribution in [2.45, 2.75) is 52.6 Å². The summed E-state index contributed by atoms with van der Waals surface area (Å²) in [4.78, 5) is 37.8. The molecule has 0 aliphatic carbocycles. The molecule has 0 amide bonds. The number of thiazole rings is 2. The lowest BCUT2D eigenvalue weighted by atomic mass is 10.2. The zero-order valence-corrected chi connectivity index (χ0v) is 18.7. The van der Waals surface area contributed by atoms with E-state index in [1.807, 2.05) is 13.8 Å². The van der Waals surface area contributed by atoms with Gasteiger partial charge in [-0.1, -0.05) is 0 Å². The van der Waals surface area contributed by atoms with Crippen molar-refractivity contribution in [2.75, 3.05) is 13.2 Å². The average Bonchev–Trinajstić information content (AvgIpc) is 3.15. The van der Waals surface area contributed by atoms with Gasteiger partial charge in [-0.25, -0.2) is 9.97 Å². The van der Waals surface area contributed by atoms with Crippen LogP contribution in [0.2, 0.25) is 0 Å². The second-order valence-electron chi connectivity index (χ2n) is 6.18. The van der Waals surface area contributed by atoms with Gasteiger partial charge in [-0.3, -0.25) is 0 Å². The van der Waals surface area contributed by atoms with Crippen molar-refractivity contribution in [3.63, 3.8) is 0 Å². The number of aromatic nitrogens is 2. The fourth-order valence-corrected chi connectivity index (χ4v) is 4.28. The molecule has 2 aromatic heterocycles. The minimum atomic E-state index is -4.33. The van der Waals surface area contributed by atoms with Gasteiger partial charge in [0.2, 0.25) is 0 Å². The van der Waals surface area contributed by atoms with E-state index in [1.54, 1.807) is 18.3 Å². The molecule has 0 saturated carbocycles. The Morgan fingerprint density at radius 2 is 1.39 bits per heavy atom. The fraction of sp³-hybridized carbons (Fsp3) is 0.625. The van der Waals surface area contributed by atoms with E-state index in [1.165, 1.54) is 0 Å². The Morgan fingerprint density at radius 3 is 1.77 bits per heavy atom. The SMILES string of the molecule is Cc1nc(C(C)C(F)(F)F)sc1CCO[N+](=O)[O-].Cc1nc(C)c(CCO[N+](=O)[O-])s1. The normalized spacial score (nSPS) is 12.0. The number of rotatable bonds is 9. The summed E-state index contributed by atoms with van der Waals surface area (Å²) < 4.78 is 37.5. The molecule has 0 N–H and O–H groups in total. The highest BCUT2D eigenvalue weighted by atomic mass is 32.1. The zero-order chi connectivity index (χ0) is 23.8. The highest BCUT2D eigenvalue weighted by molar-refractivity contribution is 7.12. The topological polar surface area (TPSA) is 131 Å². The molecule has 2 rings (SSSR count). The van der Waals surface area contributed by atoms with Crippen LogP contribution in [0.4, 0.5) is 13.2 Å². The van der Waals surface area contributed by atoms with Gasteiger partial charge in [0.05, 0.1) is 16.4 Å². The molecule has 0 fully saturated rings. The molecule has 1 atom stereocenters. The van der Waals surface area contributed by atoms with E-state index in [-0.39, 0.29) is 24.6 Å². The molecule has 10 nitrogen and oxygen atoms in total. The lowest BCUT2D eigenvalue weighted by Crippen LogP contribution is -2.17. The van der Waals surface area contributed by atoms with Crippen LogP contribution < -0.4 is 0 Å². The van der Waals surface area contributed by atoms with E-state index in [0.717, 1.165) is 33.8 Å². The third-order valence-corrected chi connectivity index (χ3v) is 6.35. The second kappa shape index (κ2) is 11.7. The molecule has 2 aromatic rings. The van der Waals surface area contributed by atoms with E-state index in [9.17, 15) is 33.4 Å². The quantitative estimate of drug-likeness (QED) is 0.377. The molecule has 2 heterocycles. The van der Waals surface area contributed by atoms with Crippen LogP contribution in [0.3, 0.4) is 0 Å². The fourth-order valence-electron chi connectivity index (χ4n) is 2.24. The Hall–Kier alpha value is -2.55. The van der Waals surface area contributed by atoms with Crippen molar-refractivity contribution in [3.8, 4) is 0 Å². The molecular weight excluding hydrogens is 465 g/mol. The average molecular weight is 486 g/mol. The van der Waals surface area contributed by atoms with E-state index in [0.29, 0.717) is 17.0 Å². The Bertz CT molecular complexity index is 887. The maximum Gasteiger partial charge on any atom is 0.397 e. The van der Waals surface area contributed by atoms with Crippen LogP contribution in [0.25, 0.3) is 0 Å². The van der Waals surface area contributed by atoms with Crippen LogP contribution >= 0.6 is 22.7 Å². The van der Waals surface area contributed by atoms with E-state index < -0.39 is 22.3 Å². The van der Waals surface area contributed by atoms with Gasteiger partial charge in [-0.2, -0.15) is 13.2 Å². The van der Waals surface area contributed by atoms with Crippen LogP contribution in [0.5, 0.6) is 0 Å². The minimum Gasteiger partial charge on any atom is -0.314 e. The summed E-state index contributed by atoms with van der Waals surface area (Å²) in [5.74, 6) is -1.63. The monoisotopic (exact) mass is 486 g/mol. The molecule has 0 aliphatic rings. The van der Waals surface area contributed by atoms with Gasteiger partial charge in [-0.15, -0.1) is 42.9 Å². The predicted octanol–water partition coefficient (Wildman–Crippen LogP) is 4.38. The molecule has 0 aromatic carbocycles. The number of nitrogens with zero attached hydrogens (tertiary/aromatic N) is 4. The summed E-state index contributed by atoms with van der Waals surface area (Å²) in [7, 11) is 0. The Labute approximate surface area is 183 Å². The predicted molar refractivity (Wildman–Crippen MR) is 106 cm³/mol. The molecule has 0 bridgehead atoms. The lowest BCUT2D eigenvalue weighted by molar-refractivity contribution is -0.757. The molecule has 31 heavy (non-hydrogen) atoms. The molecule has 0 spiro atoms. The number of alkyl halides is 3. The van der Waals surface area contributed by atoms with Crippen molar-refractivity contribution < 1.29 is 33.0 Å². The summed E-state index contributed by atoms with van der Waals surface area (Å²) in [5.41, 5.74) is 1.40. The smallest absolute Gasteiger partial charge is 0.314 e. The van der Waals surface area contributed by atoms with Crippen LogP contribution in [0.1, 0.15) is 44.0 Å². The first-order valence-corrected chi connectivity index (χ1v) is 10.4. The van der Waals surface area contributed by atoms with E-state index >= 15 is 0 Å². The number of halogens is 3. The zero-order valence-electron chi connectivity index (χ0n) is 17.1. The molecule has 1 unspecified atom stereocenters. The lowest BCUT2D eigenvalue weighted by Gasteiger charge is -2.11. The first-order valence-electron chi connectivity index (χ1n) is 8.81. The van der Waals surface area contributed by atoms with Crippen molar-refractivity contribution in [1.82, 2.24) is 9.97 Å². The number of hydrogen-bond donors (Lipinski definition) is 0. The maximum absolute atomic E-state index is 12.5. The van der Waals surface area contributed by atoms with Crippen molar-refractivity contribution >= 4 is 22.7 Å². The number of aryl methyl sites for hydroxylation is 3. The van der Waals surface area contributed by atoms with Crippen LogP contribution in [-0.4, -0.2) is 39.5 Å². The molecule has 0 radical (unpaired) electrons. The summed E-state index contributed by atoms with van der Waals surface area (Å²) in [6.07, 6.45) is -3.60. The first-order chi connectivity index (χ1) is 14.3. The maximum atomic E-state index is 12.5. The summed E-state index contributed by atoms with van der Waals surface area (Å²) >= 11 is 2.46. The van der Waals surface area contributed by atoms with Gasteiger partial charge in [0.1, 0.15) is 24.1 Å². The highest BCUT2D eigenvalue weighted by Crippen LogP contribution is 2.37. The molecule has 15 heteroatoms. The third kappa shape index (κ3) is 9.42. The largest absolute Gasteiger partial charge is 0.397 e. The molecular formula is C16H21F3N4O6S2. The van der Waals surface area contributed by atoms with Gasteiger partial charge >= 0.3 is 6.18 Å². The minimum absolute atomic E-state index is 0.0314. The van der Waals surface area contributed by atoms with Crippen LogP contribution in [-0.2, 0) is 22.5 Å².